The Morgan fingerprint density at radius 3 is 2.58 bits per heavy atom. The SMILES string of the molecule is COc1ccc(CCC2CCN(C(=O)[C@H]3C[C@H](O)CN3)CC2)cc1. The molecule has 0 aliphatic carbocycles. The molecule has 1 aromatic rings. The zero-order valence-electron chi connectivity index (χ0n) is 14.4. The lowest BCUT2D eigenvalue weighted by molar-refractivity contribution is -0.134. The minimum Gasteiger partial charge on any atom is -0.497 e. The Morgan fingerprint density at radius 2 is 2.00 bits per heavy atom. The number of amides is 1. The standard InChI is InChI=1S/C19H28N2O3/c1-24-17-6-4-14(5-7-17)2-3-15-8-10-21(11-9-15)19(23)18-12-16(22)13-20-18/h4-7,15-16,18,20,22H,2-3,8-13H2,1H3/t16-,18+/m0/s1. The second-order valence-electron chi connectivity index (χ2n) is 7.01. The minimum atomic E-state index is -0.374. The number of ether oxygens (including phenoxy) is 1. The van der Waals surface area contributed by atoms with E-state index in [0.717, 1.165) is 38.1 Å². The van der Waals surface area contributed by atoms with Crippen molar-refractivity contribution in [3.8, 4) is 5.75 Å². The lowest BCUT2D eigenvalue weighted by Gasteiger charge is -2.33. The van der Waals surface area contributed by atoms with Crippen molar-refractivity contribution in [2.75, 3.05) is 26.7 Å². The van der Waals surface area contributed by atoms with Crippen molar-refractivity contribution in [1.82, 2.24) is 10.2 Å². The molecule has 132 valence electrons. The number of likely N-dealkylation sites (tertiary alicyclic amines) is 1. The van der Waals surface area contributed by atoms with Crippen LogP contribution in [0.15, 0.2) is 24.3 Å². The number of carbonyl (C=O) groups excluding carboxylic acids is 1. The first-order valence-corrected chi connectivity index (χ1v) is 8.99. The van der Waals surface area contributed by atoms with Crippen LogP contribution < -0.4 is 10.1 Å². The highest BCUT2D eigenvalue weighted by atomic mass is 16.5. The molecule has 0 saturated carbocycles. The van der Waals surface area contributed by atoms with Crippen molar-refractivity contribution >= 4 is 5.91 Å². The predicted octanol–water partition coefficient (Wildman–Crippen LogP) is 1.59. The van der Waals surface area contributed by atoms with Crippen LogP contribution >= 0.6 is 0 Å². The molecule has 0 bridgehead atoms. The number of aryl methyl sites for hydroxylation is 1. The first kappa shape index (κ1) is 17.2. The molecule has 5 heteroatoms. The van der Waals surface area contributed by atoms with E-state index in [1.165, 1.54) is 12.0 Å². The number of nitrogens with zero attached hydrogens (tertiary/aromatic N) is 1. The molecular weight excluding hydrogens is 304 g/mol. The van der Waals surface area contributed by atoms with E-state index in [-0.39, 0.29) is 18.1 Å². The molecule has 1 amide bonds. The fraction of sp³-hybridized carbons (Fsp3) is 0.632. The second-order valence-corrected chi connectivity index (χ2v) is 7.01. The van der Waals surface area contributed by atoms with Crippen LogP contribution in [0.5, 0.6) is 5.75 Å². The fourth-order valence-corrected chi connectivity index (χ4v) is 3.73. The average molecular weight is 332 g/mol. The summed E-state index contributed by atoms with van der Waals surface area (Å²) in [4.78, 5) is 14.4. The smallest absolute Gasteiger partial charge is 0.239 e. The summed E-state index contributed by atoms with van der Waals surface area (Å²) in [5.74, 6) is 1.76. The van der Waals surface area contributed by atoms with Crippen LogP contribution in [0.1, 0.15) is 31.2 Å². The molecule has 1 aromatic carbocycles. The molecule has 0 radical (unpaired) electrons. The number of rotatable bonds is 5. The highest BCUT2D eigenvalue weighted by Crippen LogP contribution is 2.24. The zero-order chi connectivity index (χ0) is 16.9. The number of β-amino-alcohol motifs (C(OH)–C–C–N with tert-alkyl or cyclic N) is 1. The number of hydrogen-bond acceptors (Lipinski definition) is 4. The van der Waals surface area contributed by atoms with E-state index < -0.39 is 0 Å². The quantitative estimate of drug-likeness (QED) is 0.860. The van der Waals surface area contributed by atoms with Gasteiger partial charge in [0.1, 0.15) is 5.75 Å². The molecule has 5 nitrogen and oxygen atoms in total. The first-order valence-electron chi connectivity index (χ1n) is 8.99. The molecule has 2 fully saturated rings. The van der Waals surface area contributed by atoms with Crippen molar-refractivity contribution in [1.29, 1.82) is 0 Å². The highest BCUT2D eigenvalue weighted by Gasteiger charge is 2.32. The van der Waals surface area contributed by atoms with Gasteiger partial charge >= 0.3 is 0 Å². The Kier molecular flexibility index (Phi) is 5.74. The number of aliphatic hydroxyl groups excluding tert-OH is 1. The molecule has 0 unspecified atom stereocenters. The Hall–Kier alpha value is -1.59. The monoisotopic (exact) mass is 332 g/mol. The molecule has 0 spiro atoms. The first-order chi connectivity index (χ1) is 11.7. The number of hydrogen-bond donors (Lipinski definition) is 2. The number of benzene rings is 1. The van der Waals surface area contributed by atoms with Crippen LogP contribution in [0.25, 0.3) is 0 Å². The van der Waals surface area contributed by atoms with Crippen molar-refractivity contribution < 1.29 is 14.6 Å². The largest absolute Gasteiger partial charge is 0.497 e. The third-order valence-electron chi connectivity index (χ3n) is 5.33. The summed E-state index contributed by atoms with van der Waals surface area (Å²) in [7, 11) is 1.69. The van der Waals surface area contributed by atoms with E-state index >= 15 is 0 Å². The van der Waals surface area contributed by atoms with Gasteiger partial charge in [-0.15, -0.1) is 0 Å². The minimum absolute atomic E-state index is 0.167. The average Bonchev–Trinajstić information content (AvgIpc) is 3.06. The number of aliphatic hydroxyl groups is 1. The van der Waals surface area contributed by atoms with Crippen molar-refractivity contribution in [2.24, 2.45) is 5.92 Å². The van der Waals surface area contributed by atoms with Crippen LogP contribution in [-0.4, -0.2) is 54.8 Å². The van der Waals surface area contributed by atoms with Gasteiger partial charge in [-0.3, -0.25) is 4.79 Å². The maximum absolute atomic E-state index is 12.4. The molecule has 2 aliphatic heterocycles. The van der Waals surface area contributed by atoms with E-state index in [1.807, 2.05) is 17.0 Å². The Balaban J connectivity index is 1.41. The van der Waals surface area contributed by atoms with Crippen molar-refractivity contribution in [3.05, 3.63) is 29.8 Å². The normalized spacial score (nSPS) is 25.0. The summed E-state index contributed by atoms with van der Waals surface area (Å²) >= 11 is 0. The van der Waals surface area contributed by atoms with E-state index in [4.69, 9.17) is 4.74 Å². The van der Waals surface area contributed by atoms with Gasteiger partial charge in [0, 0.05) is 19.6 Å². The van der Waals surface area contributed by atoms with E-state index in [1.54, 1.807) is 7.11 Å². The Labute approximate surface area is 144 Å². The molecule has 0 aromatic heterocycles. The van der Waals surface area contributed by atoms with Crippen LogP contribution in [-0.2, 0) is 11.2 Å². The van der Waals surface area contributed by atoms with Crippen LogP contribution in [0, 0.1) is 5.92 Å². The highest BCUT2D eigenvalue weighted by molar-refractivity contribution is 5.82. The molecule has 2 atom stereocenters. The molecule has 24 heavy (non-hydrogen) atoms. The van der Waals surface area contributed by atoms with E-state index in [2.05, 4.69) is 17.4 Å². The van der Waals surface area contributed by atoms with Gasteiger partial charge in [-0.1, -0.05) is 12.1 Å². The molecule has 3 rings (SSSR count). The summed E-state index contributed by atoms with van der Waals surface area (Å²) in [5.41, 5.74) is 1.35. The van der Waals surface area contributed by atoms with Crippen LogP contribution in [0.3, 0.4) is 0 Å². The van der Waals surface area contributed by atoms with Crippen molar-refractivity contribution in [2.45, 2.75) is 44.2 Å². The second kappa shape index (κ2) is 7.99. The predicted molar refractivity (Wildman–Crippen MR) is 93.0 cm³/mol. The van der Waals surface area contributed by atoms with Gasteiger partial charge in [0.15, 0.2) is 0 Å². The zero-order valence-corrected chi connectivity index (χ0v) is 14.4. The van der Waals surface area contributed by atoms with Gasteiger partial charge in [0.05, 0.1) is 19.3 Å². The maximum Gasteiger partial charge on any atom is 0.239 e. The van der Waals surface area contributed by atoms with E-state index in [9.17, 15) is 9.90 Å². The van der Waals surface area contributed by atoms with Gasteiger partial charge in [0.2, 0.25) is 5.91 Å². The number of methoxy groups -OCH3 is 1. The lowest BCUT2D eigenvalue weighted by atomic mass is 9.90. The molecular formula is C19H28N2O3. The maximum atomic E-state index is 12.4. The van der Waals surface area contributed by atoms with E-state index in [0.29, 0.717) is 18.9 Å². The van der Waals surface area contributed by atoms with Gasteiger partial charge in [-0.05, 0) is 55.7 Å². The van der Waals surface area contributed by atoms with Gasteiger partial charge in [0.25, 0.3) is 0 Å². The fourth-order valence-electron chi connectivity index (χ4n) is 3.73. The van der Waals surface area contributed by atoms with Gasteiger partial charge in [-0.2, -0.15) is 0 Å². The summed E-state index contributed by atoms with van der Waals surface area (Å²) < 4.78 is 5.19. The molecule has 2 aliphatic rings. The molecule has 2 heterocycles. The van der Waals surface area contributed by atoms with Gasteiger partial charge < -0.3 is 20.1 Å². The third kappa shape index (κ3) is 4.28. The third-order valence-corrected chi connectivity index (χ3v) is 5.33. The number of nitrogens with one attached hydrogen (secondary N) is 1. The Bertz CT molecular complexity index is 538. The van der Waals surface area contributed by atoms with Crippen molar-refractivity contribution in [3.63, 3.8) is 0 Å². The van der Waals surface area contributed by atoms with Crippen LogP contribution in [0.2, 0.25) is 0 Å². The number of piperidine rings is 1. The number of carbonyl (C=O) groups is 1. The topological polar surface area (TPSA) is 61.8 Å². The summed E-state index contributed by atoms with van der Waals surface area (Å²) in [5, 5.41) is 12.7. The lowest BCUT2D eigenvalue weighted by Crippen LogP contribution is -2.47. The molecule has 2 saturated heterocycles. The van der Waals surface area contributed by atoms with Gasteiger partial charge in [-0.25, -0.2) is 0 Å². The van der Waals surface area contributed by atoms with Crippen LogP contribution in [0.4, 0.5) is 0 Å². The summed E-state index contributed by atoms with van der Waals surface area (Å²) in [6.07, 6.45) is 4.60. The summed E-state index contributed by atoms with van der Waals surface area (Å²) in [6.45, 7) is 2.23. The Morgan fingerprint density at radius 1 is 1.29 bits per heavy atom. The molecule has 2 N–H and O–H groups in total. The summed E-state index contributed by atoms with van der Waals surface area (Å²) in [6, 6.07) is 8.11.